The molecule has 1 heteroatoms. The Hall–Kier alpha value is -0.300. The minimum absolute atomic E-state index is 0.335. The zero-order valence-electron chi connectivity index (χ0n) is 7.89. The summed E-state index contributed by atoms with van der Waals surface area (Å²) < 4.78 is 0. The molecule has 0 aromatic heterocycles. The minimum atomic E-state index is 0.335. The van der Waals surface area contributed by atoms with Crippen LogP contribution < -0.4 is 0 Å². The average molecular weight is 154 g/mol. The molecule has 1 nitrogen and oxygen atoms in total. The summed E-state index contributed by atoms with van der Waals surface area (Å²) in [6, 6.07) is 0. The van der Waals surface area contributed by atoms with Gasteiger partial charge in [-0.3, -0.25) is 0 Å². The molecule has 0 saturated heterocycles. The lowest BCUT2D eigenvalue weighted by Crippen LogP contribution is -1.93. The van der Waals surface area contributed by atoms with Gasteiger partial charge in [-0.05, 0) is 31.1 Å². The first-order chi connectivity index (χ1) is 5.00. The highest BCUT2D eigenvalue weighted by molar-refractivity contribution is 5.16. The maximum atomic E-state index is 9.00. The van der Waals surface area contributed by atoms with Gasteiger partial charge in [0.1, 0.15) is 0 Å². The maximum absolute atomic E-state index is 9.00. The highest BCUT2D eigenvalue weighted by atomic mass is 16.3. The summed E-state index contributed by atoms with van der Waals surface area (Å²) in [5.41, 5.74) is 1.70. The molecule has 1 N–H and O–H groups in total. The van der Waals surface area contributed by atoms with E-state index >= 15 is 0 Å². The second-order valence-corrected chi connectivity index (χ2v) is 4.38. The van der Waals surface area contributed by atoms with Crippen molar-refractivity contribution in [1.29, 1.82) is 0 Å². The van der Waals surface area contributed by atoms with E-state index in [0.717, 1.165) is 0 Å². The van der Waals surface area contributed by atoms with Gasteiger partial charge in [0.15, 0.2) is 0 Å². The van der Waals surface area contributed by atoms with Crippen molar-refractivity contribution in [3.05, 3.63) is 11.6 Å². The summed E-state index contributed by atoms with van der Waals surface area (Å²) in [6.07, 6.45) is 2.28. The molecular formula is C10H18O. The molecule has 0 amide bonds. The van der Waals surface area contributed by atoms with Gasteiger partial charge in [-0.25, -0.2) is 0 Å². The SMILES string of the molecule is CC(C)=CC1C(CO)C1(C)C. The number of aliphatic hydroxyl groups excluding tert-OH is 1. The topological polar surface area (TPSA) is 20.2 Å². The quantitative estimate of drug-likeness (QED) is 0.605. The van der Waals surface area contributed by atoms with Gasteiger partial charge in [0, 0.05) is 6.61 Å². The molecule has 0 spiro atoms. The van der Waals surface area contributed by atoms with E-state index in [1.165, 1.54) is 5.57 Å². The Morgan fingerprint density at radius 1 is 1.45 bits per heavy atom. The zero-order chi connectivity index (χ0) is 8.65. The fourth-order valence-corrected chi connectivity index (χ4v) is 1.83. The Balaban J connectivity index is 2.59. The molecule has 2 atom stereocenters. The van der Waals surface area contributed by atoms with E-state index in [4.69, 9.17) is 5.11 Å². The van der Waals surface area contributed by atoms with Gasteiger partial charge in [0.05, 0.1) is 0 Å². The zero-order valence-corrected chi connectivity index (χ0v) is 7.89. The van der Waals surface area contributed by atoms with Crippen molar-refractivity contribution in [2.45, 2.75) is 27.7 Å². The predicted molar refractivity (Wildman–Crippen MR) is 47.3 cm³/mol. The molecule has 0 radical (unpaired) electrons. The molecule has 0 heterocycles. The molecule has 0 bridgehead atoms. The summed E-state index contributed by atoms with van der Waals surface area (Å²) >= 11 is 0. The van der Waals surface area contributed by atoms with Gasteiger partial charge in [-0.15, -0.1) is 0 Å². The van der Waals surface area contributed by atoms with Crippen LogP contribution in [0.5, 0.6) is 0 Å². The van der Waals surface area contributed by atoms with Crippen LogP contribution in [0.3, 0.4) is 0 Å². The van der Waals surface area contributed by atoms with E-state index in [1.54, 1.807) is 0 Å². The third-order valence-electron chi connectivity index (χ3n) is 2.85. The van der Waals surface area contributed by atoms with Gasteiger partial charge < -0.3 is 5.11 Å². The summed E-state index contributed by atoms with van der Waals surface area (Å²) in [5, 5.41) is 9.00. The largest absolute Gasteiger partial charge is 0.396 e. The molecule has 64 valence electrons. The van der Waals surface area contributed by atoms with Gasteiger partial charge in [0.25, 0.3) is 0 Å². The molecule has 1 saturated carbocycles. The van der Waals surface area contributed by atoms with Crippen LogP contribution in [0, 0.1) is 17.3 Å². The minimum Gasteiger partial charge on any atom is -0.396 e. The van der Waals surface area contributed by atoms with Crippen LogP contribution in [0.15, 0.2) is 11.6 Å². The molecule has 0 aliphatic heterocycles. The van der Waals surface area contributed by atoms with Crippen LogP contribution in [0.4, 0.5) is 0 Å². The van der Waals surface area contributed by atoms with E-state index in [0.29, 0.717) is 23.9 Å². The third kappa shape index (κ3) is 1.48. The Morgan fingerprint density at radius 2 is 2.00 bits per heavy atom. The van der Waals surface area contributed by atoms with Crippen molar-refractivity contribution in [3.8, 4) is 0 Å². The van der Waals surface area contributed by atoms with E-state index in [2.05, 4.69) is 33.8 Å². The molecular weight excluding hydrogens is 136 g/mol. The standard InChI is InChI=1S/C10H18O/c1-7(2)5-8-9(6-11)10(8,3)4/h5,8-9,11H,6H2,1-4H3. The number of rotatable bonds is 2. The summed E-state index contributed by atoms with van der Waals surface area (Å²) in [4.78, 5) is 0. The Labute approximate surface area is 69.1 Å². The molecule has 1 aliphatic rings. The van der Waals surface area contributed by atoms with E-state index in [1.807, 2.05) is 0 Å². The Morgan fingerprint density at radius 3 is 2.27 bits per heavy atom. The Kier molecular flexibility index (Phi) is 2.10. The monoisotopic (exact) mass is 154 g/mol. The van der Waals surface area contributed by atoms with Crippen LogP contribution in [-0.4, -0.2) is 11.7 Å². The Bertz CT molecular complexity index is 175. The lowest BCUT2D eigenvalue weighted by molar-refractivity contribution is 0.256. The van der Waals surface area contributed by atoms with Crippen LogP contribution in [0.2, 0.25) is 0 Å². The van der Waals surface area contributed by atoms with Gasteiger partial charge in [0.2, 0.25) is 0 Å². The first-order valence-electron chi connectivity index (χ1n) is 4.26. The predicted octanol–water partition coefficient (Wildman–Crippen LogP) is 2.22. The van der Waals surface area contributed by atoms with Crippen LogP contribution in [0.25, 0.3) is 0 Å². The number of allylic oxidation sites excluding steroid dienone is 2. The first kappa shape index (κ1) is 8.79. The molecule has 0 aromatic carbocycles. The van der Waals surface area contributed by atoms with Crippen molar-refractivity contribution in [2.75, 3.05) is 6.61 Å². The van der Waals surface area contributed by atoms with Crippen molar-refractivity contribution in [1.82, 2.24) is 0 Å². The molecule has 11 heavy (non-hydrogen) atoms. The second kappa shape index (κ2) is 2.63. The lowest BCUT2D eigenvalue weighted by Gasteiger charge is -1.97. The van der Waals surface area contributed by atoms with Crippen LogP contribution in [0.1, 0.15) is 27.7 Å². The molecule has 0 aromatic rings. The normalized spacial score (nSPS) is 33.2. The molecule has 1 aliphatic carbocycles. The van der Waals surface area contributed by atoms with Gasteiger partial charge >= 0.3 is 0 Å². The van der Waals surface area contributed by atoms with E-state index in [9.17, 15) is 0 Å². The highest BCUT2D eigenvalue weighted by Crippen LogP contribution is 2.58. The van der Waals surface area contributed by atoms with Crippen molar-refractivity contribution in [3.63, 3.8) is 0 Å². The molecule has 1 fully saturated rings. The third-order valence-corrected chi connectivity index (χ3v) is 2.85. The van der Waals surface area contributed by atoms with Gasteiger partial charge in [-0.2, -0.15) is 0 Å². The van der Waals surface area contributed by atoms with Crippen LogP contribution in [-0.2, 0) is 0 Å². The number of hydrogen-bond acceptors (Lipinski definition) is 1. The summed E-state index contributed by atoms with van der Waals surface area (Å²) in [6.45, 7) is 9.00. The van der Waals surface area contributed by atoms with Crippen molar-refractivity contribution < 1.29 is 5.11 Å². The first-order valence-corrected chi connectivity index (χ1v) is 4.26. The highest BCUT2D eigenvalue weighted by Gasteiger charge is 2.55. The molecule has 1 rings (SSSR count). The molecule has 2 unspecified atom stereocenters. The number of aliphatic hydroxyl groups is 1. The second-order valence-electron chi connectivity index (χ2n) is 4.38. The summed E-state index contributed by atoms with van der Waals surface area (Å²) in [5.74, 6) is 1.11. The average Bonchev–Trinajstić information content (AvgIpc) is 2.33. The summed E-state index contributed by atoms with van der Waals surface area (Å²) in [7, 11) is 0. The number of hydrogen-bond donors (Lipinski definition) is 1. The fraction of sp³-hybridized carbons (Fsp3) is 0.800. The van der Waals surface area contributed by atoms with Gasteiger partial charge in [-0.1, -0.05) is 25.5 Å². The van der Waals surface area contributed by atoms with Crippen LogP contribution >= 0.6 is 0 Å². The van der Waals surface area contributed by atoms with Crippen molar-refractivity contribution in [2.24, 2.45) is 17.3 Å². The van der Waals surface area contributed by atoms with E-state index in [-0.39, 0.29) is 0 Å². The van der Waals surface area contributed by atoms with E-state index < -0.39 is 0 Å². The maximum Gasteiger partial charge on any atom is 0.0470 e. The fourth-order valence-electron chi connectivity index (χ4n) is 1.83. The lowest BCUT2D eigenvalue weighted by atomic mass is 10.1. The smallest absolute Gasteiger partial charge is 0.0470 e. The van der Waals surface area contributed by atoms with Crippen molar-refractivity contribution >= 4 is 0 Å².